The highest BCUT2D eigenvalue weighted by atomic mass is 32.1. The predicted molar refractivity (Wildman–Crippen MR) is 108 cm³/mol. The number of nitrogens with zero attached hydrogens (tertiary/aromatic N) is 2. The van der Waals surface area contributed by atoms with E-state index in [9.17, 15) is 19.7 Å². The zero-order chi connectivity index (χ0) is 20.1. The Kier molecular flexibility index (Phi) is 5.81. The van der Waals surface area contributed by atoms with Gasteiger partial charge < -0.3 is 10.2 Å². The van der Waals surface area contributed by atoms with Crippen LogP contribution in [0.15, 0.2) is 66.0 Å². The van der Waals surface area contributed by atoms with Crippen molar-refractivity contribution >= 4 is 34.5 Å². The number of hydrogen-bond donors (Lipinski definition) is 1. The van der Waals surface area contributed by atoms with E-state index >= 15 is 0 Å². The lowest BCUT2D eigenvalue weighted by molar-refractivity contribution is -0.385. The van der Waals surface area contributed by atoms with Crippen molar-refractivity contribution in [2.24, 2.45) is 0 Å². The van der Waals surface area contributed by atoms with Gasteiger partial charge in [0.1, 0.15) is 0 Å². The highest BCUT2D eigenvalue weighted by Gasteiger charge is 2.20. The van der Waals surface area contributed by atoms with Crippen molar-refractivity contribution in [1.82, 2.24) is 4.90 Å². The smallest absolute Gasteiger partial charge is 0.274 e. The molecular weight excluding hydrogens is 378 g/mol. The van der Waals surface area contributed by atoms with Gasteiger partial charge in [-0.3, -0.25) is 19.7 Å². The molecule has 0 atom stereocenters. The number of amides is 2. The molecule has 0 aliphatic rings. The number of nitro benzene ring substituents is 1. The van der Waals surface area contributed by atoms with Crippen LogP contribution in [0.25, 0.3) is 0 Å². The van der Waals surface area contributed by atoms with Gasteiger partial charge in [-0.05, 0) is 23.6 Å². The second kappa shape index (κ2) is 8.45. The molecule has 28 heavy (non-hydrogen) atoms. The topological polar surface area (TPSA) is 92.5 Å². The zero-order valence-electron chi connectivity index (χ0n) is 15.0. The molecule has 0 fully saturated rings. The molecule has 3 aromatic rings. The highest BCUT2D eigenvalue weighted by molar-refractivity contribution is 7.12. The number of nitro groups is 1. The van der Waals surface area contributed by atoms with Crippen LogP contribution in [0, 0.1) is 10.1 Å². The second-order valence-electron chi connectivity index (χ2n) is 6.02. The number of benzene rings is 2. The standard InChI is InChI=1S/C20H17N3O4S/c1-22(13-14-7-2-5-10-17(14)23(26)27)20(25)15-8-3-4-9-16(15)21-19(24)18-11-6-12-28-18/h2-12H,13H2,1H3,(H,21,24). The first kappa shape index (κ1) is 19.2. The van der Waals surface area contributed by atoms with E-state index in [4.69, 9.17) is 0 Å². The van der Waals surface area contributed by atoms with Crippen LogP contribution in [-0.4, -0.2) is 28.7 Å². The van der Waals surface area contributed by atoms with Crippen molar-refractivity contribution in [1.29, 1.82) is 0 Å². The lowest BCUT2D eigenvalue weighted by Gasteiger charge is -2.19. The van der Waals surface area contributed by atoms with Crippen molar-refractivity contribution in [2.45, 2.75) is 6.54 Å². The maximum absolute atomic E-state index is 12.9. The van der Waals surface area contributed by atoms with E-state index in [2.05, 4.69) is 5.32 Å². The number of rotatable bonds is 6. The van der Waals surface area contributed by atoms with Crippen LogP contribution in [0.1, 0.15) is 25.6 Å². The van der Waals surface area contributed by atoms with E-state index < -0.39 is 4.92 Å². The van der Waals surface area contributed by atoms with Crippen molar-refractivity contribution in [3.05, 3.63) is 92.2 Å². The van der Waals surface area contributed by atoms with Crippen molar-refractivity contribution in [3.63, 3.8) is 0 Å². The van der Waals surface area contributed by atoms with Gasteiger partial charge in [-0.2, -0.15) is 0 Å². The fourth-order valence-corrected chi connectivity index (χ4v) is 3.34. The van der Waals surface area contributed by atoms with Gasteiger partial charge in [0.15, 0.2) is 0 Å². The van der Waals surface area contributed by atoms with Crippen LogP contribution in [0.5, 0.6) is 0 Å². The van der Waals surface area contributed by atoms with Gasteiger partial charge in [-0.15, -0.1) is 11.3 Å². The Hall–Kier alpha value is -3.52. The third-order valence-corrected chi connectivity index (χ3v) is 4.96. The van der Waals surface area contributed by atoms with Gasteiger partial charge in [-0.1, -0.05) is 36.4 Å². The quantitative estimate of drug-likeness (QED) is 0.500. The molecule has 0 saturated heterocycles. The molecule has 0 saturated carbocycles. The van der Waals surface area contributed by atoms with Crippen LogP contribution < -0.4 is 5.32 Å². The monoisotopic (exact) mass is 395 g/mol. The van der Waals surface area contributed by atoms with Crippen molar-refractivity contribution in [3.8, 4) is 0 Å². The molecule has 0 aliphatic carbocycles. The Morgan fingerprint density at radius 2 is 1.79 bits per heavy atom. The normalized spacial score (nSPS) is 10.3. The van der Waals surface area contributed by atoms with E-state index in [0.717, 1.165) is 0 Å². The maximum atomic E-state index is 12.9. The molecule has 0 bridgehead atoms. The zero-order valence-corrected chi connectivity index (χ0v) is 15.8. The number of thiophene rings is 1. The van der Waals surface area contributed by atoms with Crippen LogP contribution in [0.3, 0.4) is 0 Å². The Balaban J connectivity index is 1.81. The summed E-state index contributed by atoms with van der Waals surface area (Å²) in [5.41, 5.74) is 1.10. The number of para-hydroxylation sites is 2. The van der Waals surface area contributed by atoms with Crippen molar-refractivity contribution < 1.29 is 14.5 Å². The number of carbonyl (C=O) groups excluding carboxylic acids is 2. The van der Waals surface area contributed by atoms with Gasteiger partial charge in [0.05, 0.1) is 27.6 Å². The van der Waals surface area contributed by atoms with Crippen LogP contribution in [0.4, 0.5) is 11.4 Å². The molecule has 0 radical (unpaired) electrons. The summed E-state index contributed by atoms with van der Waals surface area (Å²) in [6, 6.07) is 16.5. The second-order valence-corrected chi connectivity index (χ2v) is 6.97. The molecule has 0 unspecified atom stereocenters. The molecule has 0 aliphatic heterocycles. The van der Waals surface area contributed by atoms with Gasteiger partial charge in [-0.25, -0.2) is 0 Å². The third kappa shape index (κ3) is 4.24. The van der Waals surface area contributed by atoms with Crippen LogP contribution >= 0.6 is 11.3 Å². The summed E-state index contributed by atoms with van der Waals surface area (Å²) in [6.45, 7) is 0.0726. The highest BCUT2D eigenvalue weighted by Crippen LogP contribution is 2.23. The summed E-state index contributed by atoms with van der Waals surface area (Å²) in [6.07, 6.45) is 0. The molecule has 2 amide bonds. The fraction of sp³-hybridized carbons (Fsp3) is 0.100. The Labute approximate surface area is 165 Å². The minimum Gasteiger partial charge on any atom is -0.337 e. The SMILES string of the molecule is CN(Cc1ccccc1[N+](=O)[O-])C(=O)c1ccccc1NC(=O)c1cccs1. The number of nitrogens with one attached hydrogen (secondary N) is 1. The molecule has 8 heteroatoms. The van der Waals surface area contributed by atoms with E-state index in [-0.39, 0.29) is 24.0 Å². The first-order valence-corrected chi connectivity index (χ1v) is 9.27. The van der Waals surface area contributed by atoms with Crippen molar-refractivity contribution in [2.75, 3.05) is 12.4 Å². The largest absolute Gasteiger partial charge is 0.337 e. The Morgan fingerprint density at radius 3 is 2.50 bits per heavy atom. The molecule has 1 N–H and O–H groups in total. The third-order valence-electron chi connectivity index (χ3n) is 4.09. The maximum Gasteiger partial charge on any atom is 0.274 e. The number of hydrogen-bond acceptors (Lipinski definition) is 5. The number of anilines is 1. The average Bonchev–Trinajstić information content (AvgIpc) is 3.23. The van der Waals surface area contributed by atoms with Gasteiger partial charge in [0, 0.05) is 18.7 Å². The molecule has 3 rings (SSSR count). The summed E-state index contributed by atoms with van der Waals surface area (Å²) in [5, 5.41) is 15.7. The molecule has 142 valence electrons. The first-order chi connectivity index (χ1) is 13.5. The predicted octanol–water partition coefficient (Wildman–Crippen LogP) is 4.18. The molecule has 7 nitrogen and oxygen atoms in total. The van der Waals surface area contributed by atoms with Crippen LogP contribution in [-0.2, 0) is 6.54 Å². The van der Waals surface area contributed by atoms with Gasteiger partial charge in [0.25, 0.3) is 17.5 Å². The Morgan fingerprint density at radius 1 is 1.07 bits per heavy atom. The summed E-state index contributed by atoms with van der Waals surface area (Å²) in [4.78, 5) is 37.9. The lowest BCUT2D eigenvalue weighted by atomic mass is 10.1. The summed E-state index contributed by atoms with van der Waals surface area (Å²) in [7, 11) is 1.57. The molecule has 2 aromatic carbocycles. The average molecular weight is 395 g/mol. The van der Waals surface area contributed by atoms with E-state index in [1.54, 1.807) is 67.0 Å². The summed E-state index contributed by atoms with van der Waals surface area (Å²) in [5.74, 6) is -0.642. The summed E-state index contributed by atoms with van der Waals surface area (Å²) >= 11 is 1.31. The fourth-order valence-electron chi connectivity index (χ4n) is 2.73. The molecular formula is C20H17N3O4S. The van der Waals surface area contributed by atoms with Gasteiger partial charge in [0.2, 0.25) is 0 Å². The van der Waals surface area contributed by atoms with Crippen LogP contribution in [0.2, 0.25) is 0 Å². The van der Waals surface area contributed by atoms with E-state index in [1.807, 2.05) is 0 Å². The summed E-state index contributed by atoms with van der Waals surface area (Å²) < 4.78 is 0. The van der Waals surface area contributed by atoms with Gasteiger partial charge >= 0.3 is 0 Å². The number of carbonyl (C=O) groups is 2. The lowest BCUT2D eigenvalue weighted by Crippen LogP contribution is -2.27. The molecule has 1 aromatic heterocycles. The Bertz CT molecular complexity index is 1020. The van der Waals surface area contributed by atoms with E-state index in [1.165, 1.54) is 22.3 Å². The molecule has 1 heterocycles. The minimum atomic E-state index is -0.469. The van der Waals surface area contributed by atoms with E-state index in [0.29, 0.717) is 21.7 Å². The molecule has 0 spiro atoms. The minimum absolute atomic E-state index is 0.0403. The first-order valence-electron chi connectivity index (χ1n) is 8.39.